The topological polar surface area (TPSA) is 63.5 Å². The van der Waals surface area contributed by atoms with Gasteiger partial charge >= 0.3 is 0 Å². The highest BCUT2D eigenvalue weighted by molar-refractivity contribution is 6.30. The van der Waals surface area contributed by atoms with E-state index in [1.165, 1.54) is 11.3 Å². The van der Waals surface area contributed by atoms with Crippen molar-refractivity contribution in [1.82, 2.24) is 20.4 Å². The molecule has 0 radical (unpaired) electrons. The molecule has 1 unspecified atom stereocenters. The van der Waals surface area contributed by atoms with Crippen LogP contribution in [-0.4, -0.2) is 42.0 Å². The van der Waals surface area contributed by atoms with Gasteiger partial charge in [0.2, 0.25) is 0 Å². The van der Waals surface area contributed by atoms with Crippen molar-refractivity contribution >= 4 is 17.6 Å². The molecule has 1 heterocycles. The van der Waals surface area contributed by atoms with E-state index in [0.717, 1.165) is 30.4 Å². The van der Waals surface area contributed by atoms with E-state index >= 15 is 0 Å². The van der Waals surface area contributed by atoms with Crippen molar-refractivity contribution in [3.8, 4) is 5.75 Å². The predicted molar refractivity (Wildman–Crippen MR) is 107 cm³/mol. The SMILES string of the molecule is CN=C(NCCc1c(C)nn(C)c1C)NCC(C)Oc1ccc(Cl)cc1. The van der Waals surface area contributed by atoms with Gasteiger partial charge in [0.25, 0.3) is 0 Å². The Morgan fingerprint density at radius 1 is 1.27 bits per heavy atom. The van der Waals surface area contributed by atoms with E-state index in [1.54, 1.807) is 7.05 Å². The molecule has 1 aromatic carbocycles. The highest BCUT2D eigenvalue weighted by Crippen LogP contribution is 2.16. The monoisotopic (exact) mass is 377 g/mol. The van der Waals surface area contributed by atoms with Crippen LogP contribution in [0.5, 0.6) is 5.75 Å². The molecule has 142 valence electrons. The maximum atomic E-state index is 5.89. The molecule has 6 nitrogen and oxygen atoms in total. The minimum atomic E-state index is -0.00228. The number of aliphatic imine (C=N–C) groups is 1. The average Bonchev–Trinajstić information content (AvgIpc) is 2.85. The number of aromatic nitrogens is 2. The maximum absolute atomic E-state index is 5.89. The van der Waals surface area contributed by atoms with Gasteiger partial charge in [-0.3, -0.25) is 9.67 Å². The molecule has 7 heteroatoms. The van der Waals surface area contributed by atoms with Gasteiger partial charge in [0.15, 0.2) is 5.96 Å². The second kappa shape index (κ2) is 9.48. The third kappa shape index (κ3) is 5.66. The Labute approximate surface area is 160 Å². The number of rotatable bonds is 7. The Balaban J connectivity index is 1.75. The van der Waals surface area contributed by atoms with E-state index in [-0.39, 0.29) is 6.10 Å². The Morgan fingerprint density at radius 2 is 1.96 bits per heavy atom. The number of ether oxygens (including phenoxy) is 1. The summed E-state index contributed by atoms with van der Waals surface area (Å²) in [5.74, 6) is 1.56. The Bertz CT molecular complexity index is 739. The summed E-state index contributed by atoms with van der Waals surface area (Å²) in [6, 6.07) is 7.37. The number of nitrogens with zero attached hydrogens (tertiary/aromatic N) is 3. The Morgan fingerprint density at radius 3 is 2.54 bits per heavy atom. The van der Waals surface area contributed by atoms with Crippen LogP contribution in [0, 0.1) is 13.8 Å². The van der Waals surface area contributed by atoms with Crippen LogP contribution < -0.4 is 15.4 Å². The van der Waals surface area contributed by atoms with E-state index in [1.807, 2.05) is 49.8 Å². The van der Waals surface area contributed by atoms with E-state index in [9.17, 15) is 0 Å². The normalized spacial score (nSPS) is 12.8. The molecule has 0 aliphatic rings. The zero-order valence-corrected chi connectivity index (χ0v) is 16.9. The third-order valence-electron chi connectivity index (χ3n) is 4.26. The van der Waals surface area contributed by atoms with Crippen molar-refractivity contribution < 1.29 is 4.74 Å². The van der Waals surface area contributed by atoms with E-state index in [2.05, 4.69) is 27.6 Å². The van der Waals surface area contributed by atoms with Crippen LogP contribution >= 0.6 is 11.6 Å². The molecule has 0 bridgehead atoms. The molecule has 1 atom stereocenters. The number of benzene rings is 1. The largest absolute Gasteiger partial charge is 0.489 e. The Kier molecular flexibility index (Phi) is 7.33. The number of halogens is 1. The smallest absolute Gasteiger partial charge is 0.191 e. The molecule has 2 N–H and O–H groups in total. The van der Waals surface area contributed by atoms with Crippen LogP contribution in [0.3, 0.4) is 0 Å². The van der Waals surface area contributed by atoms with Gasteiger partial charge in [-0.2, -0.15) is 5.10 Å². The summed E-state index contributed by atoms with van der Waals surface area (Å²) in [7, 11) is 3.74. The number of hydrogen-bond acceptors (Lipinski definition) is 3. The van der Waals surface area contributed by atoms with Crippen molar-refractivity contribution in [2.24, 2.45) is 12.0 Å². The molecular weight excluding hydrogens is 350 g/mol. The standard InChI is InChI=1S/C19H28ClN5O/c1-13(26-17-8-6-16(20)7-9-17)12-23-19(21-4)22-11-10-18-14(2)24-25(5)15(18)3/h6-9,13H,10-12H2,1-5H3,(H2,21,22,23). The molecule has 0 aliphatic heterocycles. The molecule has 0 amide bonds. The van der Waals surface area contributed by atoms with Gasteiger partial charge in [0, 0.05) is 31.4 Å². The van der Waals surface area contributed by atoms with Crippen LogP contribution in [0.2, 0.25) is 5.02 Å². The minimum absolute atomic E-state index is 0.00228. The fourth-order valence-electron chi connectivity index (χ4n) is 2.73. The summed E-state index contributed by atoms with van der Waals surface area (Å²) in [5.41, 5.74) is 3.58. The Hall–Kier alpha value is -2.21. The quantitative estimate of drug-likeness (QED) is 0.575. The first-order valence-electron chi connectivity index (χ1n) is 8.76. The van der Waals surface area contributed by atoms with Gasteiger partial charge in [-0.1, -0.05) is 11.6 Å². The minimum Gasteiger partial charge on any atom is -0.489 e. The molecule has 1 aromatic heterocycles. The van der Waals surface area contributed by atoms with Gasteiger partial charge in [0.05, 0.1) is 12.2 Å². The first-order chi connectivity index (χ1) is 12.4. The number of aryl methyl sites for hydroxylation is 2. The molecular formula is C19H28ClN5O. The first kappa shape index (κ1) is 20.1. The highest BCUT2D eigenvalue weighted by Gasteiger charge is 2.10. The second-order valence-corrected chi connectivity index (χ2v) is 6.72. The molecule has 0 aliphatic carbocycles. The summed E-state index contributed by atoms with van der Waals surface area (Å²) in [6.07, 6.45) is 0.904. The van der Waals surface area contributed by atoms with Gasteiger partial charge < -0.3 is 15.4 Å². The summed E-state index contributed by atoms with van der Waals surface area (Å²) in [6.45, 7) is 7.59. The summed E-state index contributed by atoms with van der Waals surface area (Å²) >= 11 is 5.89. The maximum Gasteiger partial charge on any atom is 0.191 e. The van der Waals surface area contributed by atoms with Gasteiger partial charge in [-0.05, 0) is 57.0 Å². The first-order valence-corrected chi connectivity index (χ1v) is 9.14. The number of hydrogen-bond donors (Lipinski definition) is 2. The van der Waals surface area contributed by atoms with Crippen molar-refractivity contribution in [3.05, 3.63) is 46.2 Å². The molecule has 2 aromatic rings. The van der Waals surface area contributed by atoms with Crippen LogP contribution in [0.15, 0.2) is 29.3 Å². The van der Waals surface area contributed by atoms with Crippen molar-refractivity contribution in [3.63, 3.8) is 0 Å². The second-order valence-electron chi connectivity index (χ2n) is 6.29. The van der Waals surface area contributed by atoms with Gasteiger partial charge in [0.1, 0.15) is 11.9 Å². The summed E-state index contributed by atoms with van der Waals surface area (Å²) in [4.78, 5) is 4.26. The molecule has 0 spiro atoms. The lowest BCUT2D eigenvalue weighted by molar-refractivity contribution is 0.224. The lowest BCUT2D eigenvalue weighted by Crippen LogP contribution is -2.42. The number of nitrogens with one attached hydrogen (secondary N) is 2. The van der Waals surface area contributed by atoms with Crippen LogP contribution in [-0.2, 0) is 13.5 Å². The zero-order valence-electron chi connectivity index (χ0n) is 16.1. The molecule has 0 saturated carbocycles. The molecule has 0 fully saturated rings. The lowest BCUT2D eigenvalue weighted by atomic mass is 10.1. The molecule has 2 rings (SSSR count). The highest BCUT2D eigenvalue weighted by atomic mass is 35.5. The fourth-order valence-corrected chi connectivity index (χ4v) is 2.86. The average molecular weight is 378 g/mol. The van der Waals surface area contributed by atoms with Crippen molar-refractivity contribution in [2.75, 3.05) is 20.1 Å². The summed E-state index contributed by atoms with van der Waals surface area (Å²) < 4.78 is 7.78. The fraction of sp³-hybridized carbons (Fsp3) is 0.474. The predicted octanol–water partition coefficient (Wildman–Crippen LogP) is 2.87. The van der Waals surface area contributed by atoms with E-state index in [4.69, 9.17) is 16.3 Å². The van der Waals surface area contributed by atoms with Gasteiger partial charge in [-0.15, -0.1) is 0 Å². The molecule has 0 saturated heterocycles. The summed E-state index contributed by atoms with van der Waals surface area (Å²) in [5, 5.41) is 11.8. The van der Waals surface area contributed by atoms with Crippen LogP contribution in [0.4, 0.5) is 0 Å². The van der Waals surface area contributed by atoms with Crippen molar-refractivity contribution in [1.29, 1.82) is 0 Å². The van der Waals surface area contributed by atoms with Crippen LogP contribution in [0.25, 0.3) is 0 Å². The van der Waals surface area contributed by atoms with Gasteiger partial charge in [-0.25, -0.2) is 0 Å². The molecule has 26 heavy (non-hydrogen) atoms. The lowest BCUT2D eigenvalue weighted by Gasteiger charge is -2.18. The number of guanidine groups is 1. The van der Waals surface area contributed by atoms with E-state index in [0.29, 0.717) is 11.6 Å². The third-order valence-corrected chi connectivity index (χ3v) is 4.51. The zero-order chi connectivity index (χ0) is 19.1. The van der Waals surface area contributed by atoms with E-state index < -0.39 is 0 Å². The van der Waals surface area contributed by atoms with Crippen molar-refractivity contribution in [2.45, 2.75) is 33.3 Å². The van der Waals surface area contributed by atoms with Crippen LogP contribution in [0.1, 0.15) is 23.9 Å².